The summed E-state index contributed by atoms with van der Waals surface area (Å²) >= 11 is 0. The van der Waals surface area contributed by atoms with E-state index in [1.807, 2.05) is 54.7 Å². The van der Waals surface area contributed by atoms with Gasteiger partial charge in [-0.1, -0.05) is 29.5 Å². The van der Waals surface area contributed by atoms with E-state index in [4.69, 9.17) is 5.73 Å². The highest BCUT2D eigenvalue weighted by atomic mass is 16.1. The second kappa shape index (κ2) is 5.75. The van der Waals surface area contributed by atoms with Crippen molar-refractivity contribution < 1.29 is 0 Å². The normalized spacial score (nSPS) is 11.0. The first-order valence-electron chi connectivity index (χ1n) is 7.59. The molecule has 6 heteroatoms. The lowest BCUT2D eigenvalue weighted by Crippen LogP contribution is -2.08. The van der Waals surface area contributed by atoms with Gasteiger partial charge in [0, 0.05) is 34.8 Å². The maximum Gasteiger partial charge on any atom is 0.189 e. The number of aromatic amines is 1. The number of H-pyrrole nitrogens is 1. The number of nitrogens with two attached hydrogens (primary N) is 1. The van der Waals surface area contributed by atoms with Gasteiger partial charge in [-0.25, -0.2) is 4.68 Å². The third-order valence-corrected chi connectivity index (χ3v) is 3.92. The van der Waals surface area contributed by atoms with Gasteiger partial charge in [-0.2, -0.15) is 0 Å². The van der Waals surface area contributed by atoms with E-state index in [-0.39, 0.29) is 5.43 Å². The molecule has 0 unspecified atom stereocenters. The molecule has 0 radical (unpaired) electrons. The van der Waals surface area contributed by atoms with Crippen LogP contribution in [0, 0.1) is 0 Å². The van der Waals surface area contributed by atoms with Gasteiger partial charge in [0.15, 0.2) is 5.43 Å². The summed E-state index contributed by atoms with van der Waals surface area (Å²) in [5.74, 6) is 0. The quantitative estimate of drug-likeness (QED) is 0.606. The van der Waals surface area contributed by atoms with Crippen molar-refractivity contribution in [1.82, 2.24) is 20.0 Å². The largest absolute Gasteiger partial charge is 0.357 e. The number of benzene rings is 2. The van der Waals surface area contributed by atoms with Crippen molar-refractivity contribution in [3.8, 4) is 16.9 Å². The lowest BCUT2D eigenvalue weighted by atomic mass is 10.1. The molecule has 3 N–H and O–H groups in total. The molecule has 0 atom stereocenters. The fourth-order valence-corrected chi connectivity index (χ4v) is 2.67. The minimum absolute atomic E-state index is 0.0542. The van der Waals surface area contributed by atoms with Gasteiger partial charge in [-0.15, -0.1) is 5.10 Å². The molecule has 2 aromatic heterocycles. The van der Waals surface area contributed by atoms with Gasteiger partial charge in [-0.3, -0.25) is 4.79 Å². The number of fused-ring (bicyclic) bond motifs is 1. The van der Waals surface area contributed by atoms with Crippen LogP contribution in [0.4, 0.5) is 0 Å². The molecule has 0 fully saturated rings. The molecule has 24 heavy (non-hydrogen) atoms. The summed E-state index contributed by atoms with van der Waals surface area (Å²) in [6, 6.07) is 16.9. The Morgan fingerprint density at radius 1 is 1.08 bits per heavy atom. The molecular weight excluding hydrogens is 302 g/mol. The smallest absolute Gasteiger partial charge is 0.189 e. The van der Waals surface area contributed by atoms with Crippen molar-refractivity contribution in [1.29, 1.82) is 0 Å². The zero-order valence-electron chi connectivity index (χ0n) is 12.8. The van der Waals surface area contributed by atoms with Crippen molar-refractivity contribution in [2.75, 3.05) is 0 Å². The van der Waals surface area contributed by atoms with Gasteiger partial charge in [0.2, 0.25) is 0 Å². The number of nitrogens with zero attached hydrogens (tertiary/aromatic N) is 3. The van der Waals surface area contributed by atoms with Crippen LogP contribution in [0.1, 0.15) is 5.69 Å². The van der Waals surface area contributed by atoms with Crippen LogP contribution in [0.15, 0.2) is 65.6 Å². The summed E-state index contributed by atoms with van der Waals surface area (Å²) in [5.41, 5.74) is 9.51. The Kier molecular flexibility index (Phi) is 3.44. The maximum absolute atomic E-state index is 12.3. The van der Waals surface area contributed by atoms with Gasteiger partial charge in [0.25, 0.3) is 0 Å². The monoisotopic (exact) mass is 317 g/mol. The molecule has 2 aromatic carbocycles. The van der Waals surface area contributed by atoms with Crippen molar-refractivity contribution in [2.45, 2.75) is 6.54 Å². The lowest BCUT2D eigenvalue weighted by Gasteiger charge is -2.03. The molecule has 0 amide bonds. The molecule has 2 heterocycles. The standard InChI is InChI=1S/C18H15N5O/c19-10-13-9-18(24)15-8-12(6-7-16(15)20-13)17-11-23(22-21-17)14-4-2-1-3-5-14/h1-9,11H,10,19H2,(H,20,24). The predicted octanol–water partition coefficient (Wildman–Crippen LogP) is 2.23. The molecule has 0 aliphatic heterocycles. The van der Waals surface area contributed by atoms with E-state index in [9.17, 15) is 4.79 Å². The van der Waals surface area contributed by atoms with E-state index in [2.05, 4.69) is 15.3 Å². The summed E-state index contributed by atoms with van der Waals surface area (Å²) in [6.45, 7) is 0.304. The van der Waals surface area contributed by atoms with Crippen LogP contribution >= 0.6 is 0 Å². The third kappa shape index (κ3) is 2.49. The Morgan fingerprint density at radius 2 is 1.92 bits per heavy atom. The van der Waals surface area contributed by atoms with Crippen molar-refractivity contribution in [3.05, 3.63) is 76.7 Å². The third-order valence-electron chi connectivity index (χ3n) is 3.92. The second-order valence-corrected chi connectivity index (χ2v) is 5.51. The molecule has 0 bridgehead atoms. The van der Waals surface area contributed by atoms with Crippen LogP contribution in [-0.2, 0) is 6.54 Å². The fraction of sp³-hybridized carbons (Fsp3) is 0.0556. The molecule has 0 aliphatic rings. The Morgan fingerprint density at radius 3 is 2.71 bits per heavy atom. The molecule has 0 saturated carbocycles. The van der Waals surface area contributed by atoms with Gasteiger partial charge < -0.3 is 10.7 Å². The first-order chi connectivity index (χ1) is 11.7. The van der Waals surface area contributed by atoms with Crippen molar-refractivity contribution in [2.24, 2.45) is 5.73 Å². The average molecular weight is 317 g/mol. The minimum Gasteiger partial charge on any atom is -0.357 e. The summed E-state index contributed by atoms with van der Waals surface area (Å²) in [4.78, 5) is 15.4. The Balaban J connectivity index is 1.79. The lowest BCUT2D eigenvalue weighted by molar-refractivity contribution is 0.804. The van der Waals surface area contributed by atoms with E-state index >= 15 is 0 Å². The fourth-order valence-electron chi connectivity index (χ4n) is 2.67. The topological polar surface area (TPSA) is 89.6 Å². The van der Waals surface area contributed by atoms with E-state index in [0.717, 1.165) is 22.5 Å². The molecule has 118 valence electrons. The van der Waals surface area contributed by atoms with E-state index in [1.165, 1.54) is 6.07 Å². The number of hydrogen-bond acceptors (Lipinski definition) is 4. The number of rotatable bonds is 3. The van der Waals surface area contributed by atoms with Crippen LogP contribution in [-0.4, -0.2) is 20.0 Å². The minimum atomic E-state index is -0.0542. The molecule has 0 spiro atoms. The van der Waals surface area contributed by atoms with Crippen LogP contribution < -0.4 is 11.2 Å². The number of pyridine rings is 1. The highest BCUT2D eigenvalue weighted by Gasteiger charge is 2.08. The highest BCUT2D eigenvalue weighted by molar-refractivity contribution is 5.83. The second-order valence-electron chi connectivity index (χ2n) is 5.51. The van der Waals surface area contributed by atoms with Crippen LogP contribution in [0.3, 0.4) is 0 Å². The molecule has 0 saturated heterocycles. The molecule has 0 aliphatic carbocycles. The summed E-state index contributed by atoms with van der Waals surface area (Å²) < 4.78 is 1.71. The van der Waals surface area contributed by atoms with E-state index in [1.54, 1.807) is 4.68 Å². The summed E-state index contributed by atoms with van der Waals surface area (Å²) in [6.07, 6.45) is 1.85. The predicted molar refractivity (Wildman–Crippen MR) is 92.8 cm³/mol. The Hall–Kier alpha value is -3.25. The van der Waals surface area contributed by atoms with Gasteiger partial charge in [-0.05, 0) is 24.3 Å². The van der Waals surface area contributed by atoms with Crippen LogP contribution in [0.2, 0.25) is 0 Å². The van der Waals surface area contributed by atoms with Gasteiger partial charge in [0.1, 0.15) is 5.69 Å². The number of hydrogen-bond donors (Lipinski definition) is 2. The van der Waals surface area contributed by atoms with E-state index in [0.29, 0.717) is 17.6 Å². The first-order valence-corrected chi connectivity index (χ1v) is 7.59. The van der Waals surface area contributed by atoms with Crippen LogP contribution in [0.25, 0.3) is 27.8 Å². The molecular formula is C18H15N5O. The highest BCUT2D eigenvalue weighted by Crippen LogP contribution is 2.21. The van der Waals surface area contributed by atoms with E-state index < -0.39 is 0 Å². The van der Waals surface area contributed by atoms with Gasteiger partial charge in [0.05, 0.1) is 11.9 Å². The zero-order valence-corrected chi connectivity index (χ0v) is 12.8. The van der Waals surface area contributed by atoms with Gasteiger partial charge >= 0.3 is 0 Å². The number of para-hydroxylation sites is 1. The Bertz CT molecular complexity index is 1070. The summed E-state index contributed by atoms with van der Waals surface area (Å²) in [5, 5.41) is 8.98. The van der Waals surface area contributed by atoms with Crippen molar-refractivity contribution >= 4 is 10.9 Å². The SMILES string of the molecule is NCc1cc(=O)c2cc(-c3cn(-c4ccccc4)nn3)ccc2[nH]1. The maximum atomic E-state index is 12.3. The molecule has 4 rings (SSSR count). The zero-order chi connectivity index (χ0) is 16.5. The average Bonchev–Trinajstić information content (AvgIpc) is 3.12. The van der Waals surface area contributed by atoms with Crippen molar-refractivity contribution in [3.63, 3.8) is 0 Å². The molecule has 4 aromatic rings. The Labute approximate surface area is 137 Å². The summed E-state index contributed by atoms with van der Waals surface area (Å²) in [7, 11) is 0. The van der Waals surface area contributed by atoms with Crippen LogP contribution in [0.5, 0.6) is 0 Å². The number of aromatic nitrogens is 4. The first kappa shape index (κ1) is 14.3. The number of nitrogens with one attached hydrogen (secondary N) is 1. The molecule has 6 nitrogen and oxygen atoms in total.